The Balaban J connectivity index is 0.000000347. The zero-order valence-electron chi connectivity index (χ0n) is 30.6. The van der Waals surface area contributed by atoms with E-state index in [2.05, 4.69) is 92.0 Å². The quantitative estimate of drug-likeness (QED) is 0.0810. The molecule has 263 valence electrons. The summed E-state index contributed by atoms with van der Waals surface area (Å²) in [7, 11) is 0. The predicted octanol–water partition coefficient (Wildman–Crippen LogP) is 11.3. The van der Waals surface area contributed by atoms with Gasteiger partial charge in [-0.15, -0.1) is 29.1 Å². The molecule has 0 spiro atoms. The molecule has 0 unspecified atom stereocenters. The van der Waals surface area contributed by atoms with Gasteiger partial charge in [0.25, 0.3) is 0 Å². The fourth-order valence-corrected chi connectivity index (χ4v) is 6.10. The van der Waals surface area contributed by atoms with Gasteiger partial charge in [0.15, 0.2) is 11.5 Å². The molecule has 0 aliphatic heterocycles. The van der Waals surface area contributed by atoms with E-state index in [1.807, 2.05) is 46.0 Å². The van der Waals surface area contributed by atoms with Crippen LogP contribution in [0, 0.1) is 23.8 Å². The van der Waals surface area contributed by atoms with Crippen molar-refractivity contribution in [3.05, 3.63) is 90.1 Å². The van der Waals surface area contributed by atoms with E-state index in [0.29, 0.717) is 17.4 Å². The molecule has 0 fully saturated rings. The number of aliphatic hydroxyl groups excluding tert-OH is 1. The van der Waals surface area contributed by atoms with E-state index in [4.69, 9.17) is 4.42 Å². The maximum Gasteiger partial charge on any atom is 0.226 e. The number of aromatic nitrogens is 3. The van der Waals surface area contributed by atoms with Gasteiger partial charge in [-0.05, 0) is 67.2 Å². The first-order chi connectivity index (χ1) is 22.9. The minimum atomic E-state index is -0.00257. The summed E-state index contributed by atoms with van der Waals surface area (Å²) in [4.78, 5) is 25.3. The molecule has 0 saturated heterocycles. The van der Waals surface area contributed by atoms with Gasteiger partial charge in [0.05, 0.1) is 5.76 Å². The summed E-state index contributed by atoms with van der Waals surface area (Å²) in [6.45, 7) is 19.2. The Labute approximate surface area is 306 Å². The Morgan fingerprint density at radius 2 is 1.55 bits per heavy atom. The number of aliphatic hydroxyl groups is 1. The van der Waals surface area contributed by atoms with E-state index >= 15 is 0 Å². The minimum absolute atomic E-state index is 0. The van der Waals surface area contributed by atoms with Gasteiger partial charge >= 0.3 is 0 Å². The second-order valence-electron chi connectivity index (χ2n) is 14.1. The molecule has 0 bridgehead atoms. The van der Waals surface area contributed by atoms with E-state index in [1.54, 1.807) is 6.33 Å². The van der Waals surface area contributed by atoms with Crippen LogP contribution in [0.5, 0.6) is 0 Å². The van der Waals surface area contributed by atoms with Gasteiger partial charge in [-0.25, -0.2) is 9.97 Å². The van der Waals surface area contributed by atoms with Crippen LogP contribution >= 0.6 is 0 Å². The molecule has 5 rings (SSSR count). The van der Waals surface area contributed by atoms with E-state index in [-0.39, 0.29) is 48.9 Å². The average molecular weight is 839 g/mol. The molecule has 0 saturated carbocycles. The molecule has 2 aromatic carbocycles. The molecule has 49 heavy (non-hydrogen) atoms. The van der Waals surface area contributed by atoms with E-state index in [0.717, 1.165) is 59.8 Å². The molecular formula is C42H52IrN3O3-. The molecule has 0 aliphatic rings. The number of ketones is 1. The number of carbonyl (C=O) groups is 1. The van der Waals surface area contributed by atoms with Crippen LogP contribution in [0.1, 0.15) is 99.1 Å². The van der Waals surface area contributed by atoms with Crippen LogP contribution in [0.25, 0.3) is 44.6 Å². The molecular weight excluding hydrogens is 787 g/mol. The number of hydrogen-bond acceptors (Lipinski definition) is 6. The van der Waals surface area contributed by atoms with E-state index in [1.165, 1.54) is 22.6 Å². The number of furan rings is 1. The van der Waals surface area contributed by atoms with Gasteiger partial charge in [-0.2, -0.15) is 0 Å². The molecule has 3 heterocycles. The van der Waals surface area contributed by atoms with Crippen molar-refractivity contribution in [3.63, 3.8) is 0 Å². The third kappa shape index (κ3) is 10.2. The van der Waals surface area contributed by atoms with Crippen LogP contribution in [-0.2, 0) is 36.7 Å². The molecule has 6 nitrogen and oxygen atoms in total. The second-order valence-corrected chi connectivity index (χ2v) is 14.1. The molecule has 1 radical (unpaired) electrons. The number of fused-ring (bicyclic) bond motifs is 2. The summed E-state index contributed by atoms with van der Waals surface area (Å²) in [6, 6.07) is 20.3. The van der Waals surface area contributed by atoms with Gasteiger partial charge < -0.3 is 9.52 Å². The molecule has 0 amide bonds. The normalized spacial score (nSPS) is 12.0. The Morgan fingerprint density at radius 1 is 0.898 bits per heavy atom. The monoisotopic (exact) mass is 839 g/mol. The van der Waals surface area contributed by atoms with E-state index in [9.17, 15) is 9.90 Å². The second kappa shape index (κ2) is 17.8. The number of nitrogens with zero attached hydrogens (tertiary/aromatic N) is 3. The third-order valence-corrected chi connectivity index (χ3v) is 8.93. The zero-order valence-corrected chi connectivity index (χ0v) is 33.0. The van der Waals surface area contributed by atoms with Crippen LogP contribution in [0.15, 0.2) is 77.3 Å². The van der Waals surface area contributed by atoms with Crippen molar-refractivity contribution in [1.29, 1.82) is 0 Å². The molecule has 5 aromatic rings. The fraction of sp³-hybridized carbons (Fsp3) is 0.429. The topological polar surface area (TPSA) is 89.1 Å². The molecule has 1 N–H and O–H groups in total. The first-order valence-electron chi connectivity index (χ1n) is 17.5. The SMILES string of the molecule is CC(C)Cc1cnc2oc(-c3cc(-c4[c-]c5ccccc5c(C(C)(C)C)c4)ncn3)cc2c1.CCC(CC)C(=O)/C=C(\O)C(CC)CC.[Ir]. The average Bonchev–Trinajstić information content (AvgIpc) is 3.49. The Morgan fingerprint density at radius 3 is 2.18 bits per heavy atom. The van der Waals surface area contributed by atoms with Crippen molar-refractivity contribution in [2.75, 3.05) is 0 Å². The summed E-state index contributed by atoms with van der Waals surface area (Å²) < 4.78 is 6.04. The van der Waals surface area contributed by atoms with Crippen molar-refractivity contribution in [3.8, 4) is 22.7 Å². The van der Waals surface area contributed by atoms with E-state index < -0.39 is 0 Å². The van der Waals surface area contributed by atoms with Gasteiger partial charge in [0, 0.05) is 55.3 Å². The van der Waals surface area contributed by atoms with Crippen LogP contribution in [0.4, 0.5) is 0 Å². The standard InChI is InChI=1S/C29H28N3O.C13H24O2.Ir/c1-18(2)10-19-11-22-14-27(33-28(22)30-16-19)26-15-25(31-17-32-26)21-12-20-8-6-7-9-23(20)24(13-21)29(3,4)5;1-5-10(6-2)12(14)9-13(15)11(7-3)8-4;/h6-9,11,13-18H,10H2,1-5H3;9-11,14H,5-8H2,1-4H3;/q-1;;/b;12-9-;. The van der Waals surface area contributed by atoms with Crippen molar-refractivity contribution in [2.45, 2.75) is 99.8 Å². The van der Waals surface area contributed by atoms with Crippen LogP contribution in [0.2, 0.25) is 0 Å². The van der Waals surface area contributed by atoms with Crippen molar-refractivity contribution < 1.29 is 34.4 Å². The first kappa shape index (κ1) is 39.8. The summed E-state index contributed by atoms with van der Waals surface area (Å²) in [5, 5.41) is 13.1. The summed E-state index contributed by atoms with van der Waals surface area (Å²) >= 11 is 0. The van der Waals surface area contributed by atoms with Crippen LogP contribution < -0.4 is 0 Å². The third-order valence-electron chi connectivity index (χ3n) is 8.93. The zero-order chi connectivity index (χ0) is 35.0. The summed E-state index contributed by atoms with van der Waals surface area (Å²) in [6.07, 6.45) is 9.40. The number of benzene rings is 2. The van der Waals surface area contributed by atoms with Crippen molar-refractivity contribution in [1.82, 2.24) is 15.0 Å². The number of rotatable bonds is 11. The first-order valence-corrected chi connectivity index (χ1v) is 17.5. The minimum Gasteiger partial charge on any atom is -0.512 e. The van der Waals surface area contributed by atoms with Gasteiger partial charge in [0.1, 0.15) is 12.0 Å². The van der Waals surface area contributed by atoms with Crippen LogP contribution in [-0.4, -0.2) is 25.8 Å². The Bertz CT molecular complexity index is 1860. The Kier molecular flexibility index (Phi) is 14.5. The van der Waals surface area contributed by atoms with Gasteiger partial charge in [-0.1, -0.05) is 91.5 Å². The van der Waals surface area contributed by atoms with Crippen LogP contribution in [0.3, 0.4) is 0 Å². The maximum absolute atomic E-state index is 11.7. The summed E-state index contributed by atoms with van der Waals surface area (Å²) in [5.74, 6) is 1.82. The number of hydrogen-bond donors (Lipinski definition) is 1. The maximum atomic E-state index is 11.7. The fourth-order valence-electron chi connectivity index (χ4n) is 6.10. The Hall–Kier alpha value is -3.67. The molecule has 0 aliphatic carbocycles. The number of carbonyl (C=O) groups excluding carboxylic acids is 1. The molecule has 0 atom stereocenters. The molecule has 3 aromatic heterocycles. The molecule has 7 heteroatoms. The van der Waals surface area contributed by atoms with Crippen molar-refractivity contribution in [2.24, 2.45) is 17.8 Å². The predicted molar refractivity (Wildman–Crippen MR) is 198 cm³/mol. The summed E-state index contributed by atoms with van der Waals surface area (Å²) in [5.41, 5.74) is 5.64. The van der Waals surface area contributed by atoms with Crippen molar-refractivity contribution >= 4 is 27.7 Å². The number of allylic oxidation sites excluding steroid dienone is 2. The van der Waals surface area contributed by atoms with Gasteiger partial charge in [-0.3, -0.25) is 9.78 Å². The van der Waals surface area contributed by atoms with Gasteiger partial charge in [0.2, 0.25) is 5.71 Å². The smallest absolute Gasteiger partial charge is 0.226 e. The number of pyridine rings is 1. The largest absolute Gasteiger partial charge is 0.512 e.